The Kier molecular flexibility index (Phi) is 6.36. The number of carbonyl (C=O) groups is 2. The Morgan fingerprint density at radius 1 is 1.17 bits per heavy atom. The van der Waals surface area contributed by atoms with Crippen LogP contribution in [-0.4, -0.2) is 59.5 Å². The van der Waals surface area contributed by atoms with Crippen LogP contribution in [0.25, 0.3) is 0 Å². The van der Waals surface area contributed by atoms with Gasteiger partial charge in [0, 0.05) is 37.6 Å². The molecule has 1 fully saturated rings. The van der Waals surface area contributed by atoms with Crippen LogP contribution in [0.4, 0.5) is 4.39 Å². The number of carboxylic acid groups (broad SMARTS) is 1. The molecule has 126 valence electrons. The lowest BCUT2D eigenvalue weighted by atomic mass is 10.1. The van der Waals surface area contributed by atoms with Crippen molar-refractivity contribution >= 4 is 23.5 Å². The molecular weight excluding hydrogens is 323 g/mol. The second kappa shape index (κ2) is 8.26. The zero-order valence-electron chi connectivity index (χ0n) is 12.8. The van der Waals surface area contributed by atoms with Gasteiger partial charge in [0.05, 0.1) is 5.56 Å². The summed E-state index contributed by atoms with van der Waals surface area (Å²) < 4.78 is 13.8. The van der Waals surface area contributed by atoms with Crippen LogP contribution in [0.3, 0.4) is 0 Å². The molecule has 0 unspecified atom stereocenters. The number of carboxylic acids is 1. The number of piperazine rings is 1. The van der Waals surface area contributed by atoms with E-state index < -0.39 is 11.8 Å². The number of nitrogens with zero attached hydrogens (tertiary/aromatic N) is 2. The summed E-state index contributed by atoms with van der Waals surface area (Å²) in [5.74, 6) is -1.67. The van der Waals surface area contributed by atoms with Gasteiger partial charge in [-0.15, -0.1) is 0 Å². The predicted octanol–water partition coefficient (Wildman–Crippen LogP) is 2.49. The number of hydrogen-bond acceptors (Lipinski definition) is 3. The Hall–Kier alpha value is -1.66. The standard InChI is InChI=1S/C16H20ClFN2O3/c17-12-4-5-14(18)13(11-12)16(23)20-9-7-19(8-10-20)6-2-1-3-15(21)22/h4-5,11H,1-3,6-10H2,(H,21,22). The predicted molar refractivity (Wildman–Crippen MR) is 85.2 cm³/mol. The maximum absolute atomic E-state index is 13.8. The van der Waals surface area contributed by atoms with Crippen molar-refractivity contribution in [3.05, 3.63) is 34.6 Å². The summed E-state index contributed by atoms with van der Waals surface area (Å²) in [5, 5.41) is 8.94. The molecule has 7 heteroatoms. The van der Waals surface area contributed by atoms with Crippen molar-refractivity contribution in [1.29, 1.82) is 0 Å². The summed E-state index contributed by atoms with van der Waals surface area (Å²) in [6.07, 6.45) is 1.66. The fourth-order valence-corrected chi connectivity index (χ4v) is 2.79. The van der Waals surface area contributed by atoms with E-state index >= 15 is 0 Å². The lowest BCUT2D eigenvalue weighted by Crippen LogP contribution is -2.49. The molecule has 5 nitrogen and oxygen atoms in total. The minimum atomic E-state index is -0.774. The SMILES string of the molecule is O=C(O)CCCCN1CCN(C(=O)c2cc(Cl)ccc2F)CC1. The maximum atomic E-state index is 13.8. The molecule has 23 heavy (non-hydrogen) atoms. The Balaban J connectivity index is 1.81. The first-order valence-electron chi connectivity index (χ1n) is 7.66. The molecule has 1 aliphatic heterocycles. The van der Waals surface area contributed by atoms with Gasteiger partial charge in [-0.05, 0) is 37.6 Å². The minimum absolute atomic E-state index is 0.00686. The van der Waals surface area contributed by atoms with Gasteiger partial charge in [0.2, 0.25) is 0 Å². The topological polar surface area (TPSA) is 60.9 Å². The molecule has 1 aromatic rings. The highest BCUT2D eigenvalue weighted by molar-refractivity contribution is 6.31. The molecule has 2 rings (SSSR count). The second-order valence-corrected chi connectivity index (χ2v) is 6.05. The molecule has 0 spiro atoms. The van der Waals surface area contributed by atoms with Crippen molar-refractivity contribution in [2.45, 2.75) is 19.3 Å². The molecule has 1 aromatic carbocycles. The first-order valence-corrected chi connectivity index (χ1v) is 8.03. The van der Waals surface area contributed by atoms with Crippen molar-refractivity contribution in [2.24, 2.45) is 0 Å². The van der Waals surface area contributed by atoms with E-state index in [0.717, 1.165) is 13.0 Å². The number of carbonyl (C=O) groups excluding carboxylic acids is 1. The summed E-state index contributed by atoms with van der Waals surface area (Å²) in [6, 6.07) is 3.98. The van der Waals surface area contributed by atoms with E-state index in [1.807, 2.05) is 0 Å². The maximum Gasteiger partial charge on any atom is 0.303 e. The van der Waals surface area contributed by atoms with Crippen LogP contribution in [0.2, 0.25) is 5.02 Å². The van der Waals surface area contributed by atoms with E-state index in [-0.39, 0.29) is 17.9 Å². The molecule has 1 N–H and O–H groups in total. The molecule has 0 atom stereocenters. The van der Waals surface area contributed by atoms with Gasteiger partial charge in [-0.3, -0.25) is 14.5 Å². The highest BCUT2D eigenvalue weighted by Crippen LogP contribution is 2.17. The molecule has 1 aliphatic rings. The number of aliphatic carboxylic acids is 1. The van der Waals surface area contributed by atoms with E-state index in [1.54, 1.807) is 4.90 Å². The van der Waals surface area contributed by atoms with Crippen molar-refractivity contribution in [1.82, 2.24) is 9.80 Å². The second-order valence-electron chi connectivity index (χ2n) is 5.61. The highest BCUT2D eigenvalue weighted by Gasteiger charge is 2.24. The third-order valence-corrected chi connectivity index (χ3v) is 4.17. The van der Waals surface area contributed by atoms with Gasteiger partial charge in [-0.2, -0.15) is 0 Å². The summed E-state index contributed by atoms with van der Waals surface area (Å²) >= 11 is 5.83. The number of rotatable bonds is 6. The zero-order valence-corrected chi connectivity index (χ0v) is 13.6. The van der Waals surface area contributed by atoms with Crippen molar-refractivity contribution in [3.63, 3.8) is 0 Å². The van der Waals surface area contributed by atoms with Crippen molar-refractivity contribution in [2.75, 3.05) is 32.7 Å². The average Bonchev–Trinajstić information content (AvgIpc) is 2.53. The van der Waals surface area contributed by atoms with Gasteiger partial charge < -0.3 is 10.0 Å². The number of hydrogen-bond donors (Lipinski definition) is 1. The minimum Gasteiger partial charge on any atom is -0.481 e. The fraction of sp³-hybridized carbons (Fsp3) is 0.500. The van der Waals surface area contributed by atoms with Crippen LogP contribution in [0.15, 0.2) is 18.2 Å². The van der Waals surface area contributed by atoms with Crippen LogP contribution >= 0.6 is 11.6 Å². The molecular formula is C16H20ClFN2O3. The molecule has 1 saturated heterocycles. The third-order valence-electron chi connectivity index (χ3n) is 3.93. The number of benzene rings is 1. The highest BCUT2D eigenvalue weighted by atomic mass is 35.5. The Bertz CT molecular complexity index is 574. The first-order chi connectivity index (χ1) is 11.0. The van der Waals surface area contributed by atoms with E-state index in [4.69, 9.17) is 16.7 Å². The van der Waals surface area contributed by atoms with E-state index in [1.165, 1.54) is 18.2 Å². The summed E-state index contributed by atoms with van der Waals surface area (Å²) in [5.41, 5.74) is 0.00686. The van der Waals surface area contributed by atoms with Crippen LogP contribution in [0, 0.1) is 5.82 Å². The Labute approximate surface area is 139 Å². The van der Waals surface area contributed by atoms with Crippen LogP contribution in [0.5, 0.6) is 0 Å². The van der Waals surface area contributed by atoms with E-state index in [0.29, 0.717) is 37.6 Å². The van der Waals surface area contributed by atoms with Crippen molar-refractivity contribution in [3.8, 4) is 0 Å². The Morgan fingerprint density at radius 3 is 2.52 bits per heavy atom. The lowest BCUT2D eigenvalue weighted by Gasteiger charge is -2.34. The summed E-state index contributed by atoms with van der Waals surface area (Å²) in [4.78, 5) is 26.6. The molecule has 0 radical (unpaired) electrons. The van der Waals surface area contributed by atoms with Gasteiger partial charge in [-0.25, -0.2) is 4.39 Å². The largest absolute Gasteiger partial charge is 0.481 e. The van der Waals surface area contributed by atoms with Crippen LogP contribution < -0.4 is 0 Å². The molecule has 1 amide bonds. The third kappa shape index (κ3) is 5.18. The number of halogens is 2. The molecule has 0 saturated carbocycles. The van der Waals surface area contributed by atoms with Gasteiger partial charge in [-0.1, -0.05) is 11.6 Å². The van der Waals surface area contributed by atoms with Crippen LogP contribution in [0.1, 0.15) is 29.6 Å². The van der Waals surface area contributed by atoms with Crippen LogP contribution in [-0.2, 0) is 4.79 Å². The van der Waals surface area contributed by atoms with Gasteiger partial charge in [0.15, 0.2) is 0 Å². The Morgan fingerprint density at radius 2 is 1.87 bits per heavy atom. The first kappa shape index (κ1) is 17.7. The zero-order chi connectivity index (χ0) is 16.8. The number of unbranched alkanes of at least 4 members (excludes halogenated alkanes) is 1. The van der Waals surface area contributed by atoms with Gasteiger partial charge >= 0.3 is 5.97 Å². The van der Waals surface area contributed by atoms with Gasteiger partial charge in [0.25, 0.3) is 5.91 Å². The molecule has 0 aromatic heterocycles. The lowest BCUT2D eigenvalue weighted by molar-refractivity contribution is -0.137. The monoisotopic (exact) mass is 342 g/mol. The van der Waals surface area contributed by atoms with E-state index in [9.17, 15) is 14.0 Å². The smallest absolute Gasteiger partial charge is 0.303 e. The molecule has 1 heterocycles. The fourth-order valence-electron chi connectivity index (χ4n) is 2.62. The molecule has 0 aliphatic carbocycles. The normalized spacial score (nSPS) is 15.7. The average molecular weight is 343 g/mol. The van der Waals surface area contributed by atoms with Crippen molar-refractivity contribution < 1.29 is 19.1 Å². The van der Waals surface area contributed by atoms with Gasteiger partial charge in [0.1, 0.15) is 5.82 Å². The number of amides is 1. The van der Waals surface area contributed by atoms with E-state index in [2.05, 4.69) is 4.90 Å². The quantitative estimate of drug-likeness (QED) is 0.807. The molecule has 0 bridgehead atoms. The summed E-state index contributed by atoms with van der Waals surface area (Å²) in [6.45, 7) is 3.30. The summed E-state index contributed by atoms with van der Waals surface area (Å²) in [7, 11) is 0.